The molecule has 4 rings (SSSR count). The summed E-state index contributed by atoms with van der Waals surface area (Å²) >= 11 is 0. The lowest BCUT2D eigenvalue weighted by Crippen LogP contribution is -2.28. The Morgan fingerprint density at radius 1 is 1.20 bits per heavy atom. The molecule has 8 heteroatoms. The maximum absolute atomic E-state index is 12.0. The van der Waals surface area contributed by atoms with Crippen molar-refractivity contribution in [2.24, 2.45) is 0 Å². The Bertz CT molecular complexity index is 832. The normalized spacial score (nSPS) is 15.4. The van der Waals surface area contributed by atoms with Crippen molar-refractivity contribution in [1.82, 2.24) is 25.5 Å². The lowest BCUT2D eigenvalue weighted by molar-refractivity contribution is 0.250. The first kappa shape index (κ1) is 15.6. The summed E-state index contributed by atoms with van der Waals surface area (Å²) in [5.74, 6) is 2.01. The minimum atomic E-state index is -0.392. The lowest BCUT2D eigenvalue weighted by Gasteiger charge is -2.18. The van der Waals surface area contributed by atoms with Crippen LogP contribution in [0.25, 0.3) is 11.1 Å². The maximum Gasteiger partial charge on any atom is 0.322 e. The third-order valence-electron chi connectivity index (χ3n) is 4.46. The van der Waals surface area contributed by atoms with Gasteiger partial charge in [0.05, 0.1) is 6.54 Å². The van der Waals surface area contributed by atoms with Gasteiger partial charge in [0.25, 0.3) is 0 Å². The molecule has 2 heterocycles. The molecule has 0 radical (unpaired) electrons. The zero-order chi connectivity index (χ0) is 17.1. The summed E-state index contributed by atoms with van der Waals surface area (Å²) in [7, 11) is 0. The van der Waals surface area contributed by atoms with Crippen molar-refractivity contribution in [2.45, 2.75) is 44.6 Å². The van der Waals surface area contributed by atoms with Crippen LogP contribution in [0.1, 0.15) is 49.7 Å². The number of para-hydroxylation sites is 2. The highest BCUT2D eigenvalue weighted by Crippen LogP contribution is 2.30. The number of aromatic amines is 1. The fraction of sp³-hybridized carbons (Fsp3) is 0.412. The zero-order valence-electron chi connectivity index (χ0n) is 13.8. The van der Waals surface area contributed by atoms with Gasteiger partial charge in [-0.2, -0.15) is 4.98 Å². The average molecular weight is 340 g/mol. The van der Waals surface area contributed by atoms with E-state index in [1.54, 1.807) is 0 Å². The molecule has 1 saturated carbocycles. The number of carbonyl (C=O) groups is 1. The number of H-pyrrole nitrogens is 1. The topological polar surface area (TPSA) is 109 Å². The van der Waals surface area contributed by atoms with E-state index in [2.05, 4.69) is 30.8 Å². The Labute approximate surface area is 144 Å². The molecule has 0 saturated heterocycles. The second-order valence-electron chi connectivity index (χ2n) is 6.26. The highest BCUT2D eigenvalue weighted by Gasteiger charge is 2.19. The predicted molar refractivity (Wildman–Crippen MR) is 92.1 cm³/mol. The van der Waals surface area contributed by atoms with Crippen molar-refractivity contribution >= 4 is 23.1 Å². The first-order chi connectivity index (χ1) is 12.3. The van der Waals surface area contributed by atoms with E-state index in [9.17, 15) is 4.79 Å². The molecule has 2 amide bonds. The number of hydrogen-bond acceptors (Lipinski definition) is 5. The van der Waals surface area contributed by atoms with Crippen molar-refractivity contribution in [3.05, 3.63) is 36.0 Å². The molecule has 8 nitrogen and oxygen atoms in total. The summed E-state index contributed by atoms with van der Waals surface area (Å²) in [5, 5.41) is 12.3. The molecule has 0 spiro atoms. The minimum Gasteiger partial charge on any atom is -0.439 e. The van der Waals surface area contributed by atoms with E-state index in [0.29, 0.717) is 17.4 Å². The number of amides is 2. The van der Waals surface area contributed by atoms with E-state index in [4.69, 9.17) is 4.42 Å². The molecule has 3 aromatic rings. The first-order valence-corrected chi connectivity index (χ1v) is 8.59. The predicted octanol–water partition coefficient (Wildman–Crippen LogP) is 3.32. The molecule has 0 aliphatic heterocycles. The van der Waals surface area contributed by atoms with Crippen LogP contribution in [0.3, 0.4) is 0 Å². The number of rotatable bonds is 4. The number of hydrogen-bond donors (Lipinski definition) is 3. The third-order valence-corrected chi connectivity index (χ3v) is 4.46. The Kier molecular flexibility index (Phi) is 4.32. The van der Waals surface area contributed by atoms with E-state index in [1.807, 2.05) is 24.3 Å². The Balaban J connectivity index is 1.32. The Hall–Kier alpha value is -2.90. The molecule has 0 atom stereocenters. The molecule has 1 aromatic carbocycles. The van der Waals surface area contributed by atoms with E-state index in [1.165, 1.54) is 19.3 Å². The number of anilines is 1. The molecule has 25 heavy (non-hydrogen) atoms. The van der Waals surface area contributed by atoms with Crippen LogP contribution in [0.4, 0.5) is 10.7 Å². The van der Waals surface area contributed by atoms with Crippen LogP contribution in [-0.4, -0.2) is 26.2 Å². The van der Waals surface area contributed by atoms with Crippen LogP contribution < -0.4 is 10.6 Å². The average Bonchev–Trinajstić information content (AvgIpc) is 3.27. The second kappa shape index (κ2) is 6.92. The number of aromatic nitrogens is 4. The van der Waals surface area contributed by atoms with Crippen LogP contribution in [0.15, 0.2) is 28.7 Å². The van der Waals surface area contributed by atoms with Gasteiger partial charge in [0.15, 0.2) is 5.58 Å². The first-order valence-electron chi connectivity index (χ1n) is 8.59. The second-order valence-corrected chi connectivity index (χ2v) is 6.26. The minimum absolute atomic E-state index is 0.195. The Morgan fingerprint density at radius 3 is 2.88 bits per heavy atom. The molecule has 3 N–H and O–H groups in total. The van der Waals surface area contributed by atoms with Crippen molar-refractivity contribution < 1.29 is 9.21 Å². The molecule has 1 aliphatic carbocycles. The van der Waals surface area contributed by atoms with Gasteiger partial charge in [-0.3, -0.25) is 10.4 Å². The van der Waals surface area contributed by atoms with Gasteiger partial charge in [-0.1, -0.05) is 31.4 Å². The number of fused-ring (bicyclic) bond motifs is 1. The number of nitrogens with one attached hydrogen (secondary N) is 3. The summed E-state index contributed by atoms with van der Waals surface area (Å²) < 4.78 is 5.56. The number of urea groups is 1. The SMILES string of the molecule is O=C(NCc1nc2ccccc2o1)Nc1n[nH]c(C2CCCCC2)n1. The number of carbonyl (C=O) groups excluding carboxylic acids is 1. The van der Waals surface area contributed by atoms with Gasteiger partial charge in [-0.15, -0.1) is 5.10 Å². The largest absolute Gasteiger partial charge is 0.439 e. The standard InChI is InChI=1S/C17H20N6O2/c24-17(18-10-14-19-12-8-4-5-9-13(12)25-14)21-16-20-15(22-23-16)11-6-2-1-3-7-11/h4-5,8-9,11H,1-3,6-7,10H2,(H3,18,20,21,22,23,24). The summed E-state index contributed by atoms with van der Waals surface area (Å²) in [6.07, 6.45) is 5.98. The van der Waals surface area contributed by atoms with Gasteiger partial charge in [0.2, 0.25) is 11.8 Å². The lowest BCUT2D eigenvalue weighted by atomic mass is 9.89. The van der Waals surface area contributed by atoms with Crippen LogP contribution in [0.5, 0.6) is 0 Å². The smallest absolute Gasteiger partial charge is 0.322 e. The fourth-order valence-corrected chi connectivity index (χ4v) is 3.19. The number of benzene rings is 1. The fourth-order valence-electron chi connectivity index (χ4n) is 3.19. The molecule has 0 unspecified atom stereocenters. The molecule has 1 aliphatic rings. The zero-order valence-corrected chi connectivity index (χ0v) is 13.8. The quantitative estimate of drug-likeness (QED) is 0.675. The van der Waals surface area contributed by atoms with Crippen molar-refractivity contribution in [1.29, 1.82) is 0 Å². The molecular weight excluding hydrogens is 320 g/mol. The van der Waals surface area contributed by atoms with Gasteiger partial charge < -0.3 is 9.73 Å². The van der Waals surface area contributed by atoms with Crippen molar-refractivity contribution in [2.75, 3.05) is 5.32 Å². The van der Waals surface area contributed by atoms with Gasteiger partial charge in [-0.05, 0) is 25.0 Å². The van der Waals surface area contributed by atoms with Crippen molar-refractivity contribution in [3.8, 4) is 0 Å². The Morgan fingerprint density at radius 2 is 2.04 bits per heavy atom. The van der Waals surface area contributed by atoms with Gasteiger partial charge in [-0.25, -0.2) is 9.78 Å². The number of oxazole rings is 1. The summed E-state index contributed by atoms with van der Waals surface area (Å²) in [6, 6.07) is 7.08. The third kappa shape index (κ3) is 3.62. The number of nitrogens with zero attached hydrogens (tertiary/aromatic N) is 3. The maximum atomic E-state index is 12.0. The monoisotopic (exact) mass is 340 g/mol. The van der Waals surface area contributed by atoms with E-state index < -0.39 is 6.03 Å². The summed E-state index contributed by atoms with van der Waals surface area (Å²) in [4.78, 5) is 20.7. The van der Waals surface area contributed by atoms with E-state index in [0.717, 1.165) is 24.2 Å². The summed E-state index contributed by atoms with van der Waals surface area (Å²) in [6.45, 7) is 0.195. The summed E-state index contributed by atoms with van der Waals surface area (Å²) in [5.41, 5.74) is 1.47. The van der Waals surface area contributed by atoms with Gasteiger partial charge in [0, 0.05) is 5.92 Å². The molecule has 2 aromatic heterocycles. The van der Waals surface area contributed by atoms with Crippen LogP contribution in [0.2, 0.25) is 0 Å². The molecule has 1 fully saturated rings. The van der Waals surface area contributed by atoms with Crippen molar-refractivity contribution in [3.63, 3.8) is 0 Å². The van der Waals surface area contributed by atoms with Gasteiger partial charge in [0.1, 0.15) is 11.3 Å². The van der Waals surface area contributed by atoms with Crippen LogP contribution >= 0.6 is 0 Å². The van der Waals surface area contributed by atoms with E-state index >= 15 is 0 Å². The molecule has 0 bridgehead atoms. The molecule has 130 valence electrons. The highest BCUT2D eigenvalue weighted by molar-refractivity contribution is 5.87. The van der Waals surface area contributed by atoms with Crippen LogP contribution in [0, 0.1) is 0 Å². The van der Waals surface area contributed by atoms with Gasteiger partial charge >= 0.3 is 6.03 Å². The highest BCUT2D eigenvalue weighted by atomic mass is 16.3. The van der Waals surface area contributed by atoms with Crippen LogP contribution in [-0.2, 0) is 6.54 Å². The molecular formula is C17H20N6O2. The van der Waals surface area contributed by atoms with E-state index in [-0.39, 0.29) is 12.5 Å².